The van der Waals surface area contributed by atoms with E-state index in [4.69, 9.17) is 5.26 Å². The van der Waals surface area contributed by atoms with E-state index < -0.39 is 17.2 Å². The molecule has 1 aliphatic carbocycles. The van der Waals surface area contributed by atoms with E-state index in [1.54, 1.807) is 0 Å². The number of hydrogen-bond donors (Lipinski definition) is 0. The second-order valence-electron chi connectivity index (χ2n) is 8.73. The number of carbonyl (C=O) groups excluding carboxylic acids is 1. The highest BCUT2D eigenvalue weighted by molar-refractivity contribution is 5.86. The van der Waals surface area contributed by atoms with E-state index in [1.807, 2.05) is 4.90 Å². The first kappa shape index (κ1) is 20.1. The minimum absolute atomic E-state index is 0.114. The van der Waals surface area contributed by atoms with Crippen molar-refractivity contribution in [1.82, 2.24) is 4.90 Å². The van der Waals surface area contributed by atoms with E-state index in [0.29, 0.717) is 6.54 Å². The third-order valence-corrected chi connectivity index (χ3v) is 7.00. The minimum atomic E-state index is -4.34. The molecule has 7 heteroatoms. The number of piperidine rings is 1. The van der Waals surface area contributed by atoms with E-state index in [2.05, 4.69) is 11.0 Å². The van der Waals surface area contributed by atoms with Gasteiger partial charge in [-0.2, -0.15) is 18.4 Å². The van der Waals surface area contributed by atoms with E-state index in [9.17, 15) is 18.0 Å². The molecule has 1 spiro atoms. The summed E-state index contributed by atoms with van der Waals surface area (Å²) in [7, 11) is 0. The number of benzene rings is 1. The van der Waals surface area contributed by atoms with Crippen molar-refractivity contribution in [2.45, 2.75) is 57.2 Å². The molecule has 29 heavy (non-hydrogen) atoms. The van der Waals surface area contributed by atoms with E-state index in [1.165, 1.54) is 12.1 Å². The predicted molar refractivity (Wildman–Crippen MR) is 103 cm³/mol. The van der Waals surface area contributed by atoms with Gasteiger partial charge in [-0.15, -0.1) is 0 Å². The lowest BCUT2D eigenvalue weighted by Gasteiger charge is -2.41. The molecule has 156 valence electrons. The first-order chi connectivity index (χ1) is 13.8. The Balaban J connectivity index is 1.45. The summed E-state index contributed by atoms with van der Waals surface area (Å²) in [5.41, 5.74) is -0.325. The van der Waals surface area contributed by atoms with E-state index in [0.717, 1.165) is 75.9 Å². The van der Waals surface area contributed by atoms with Crippen molar-refractivity contribution >= 4 is 11.6 Å². The van der Waals surface area contributed by atoms with Gasteiger partial charge >= 0.3 is 6.18 Å². The Morgan fingerprint density at radius 3 is 2.34 bits per heavy atom. The summed E-state index contributed by atoms with van der Waals surface area (Å²) in [5.74, 6) is 0.317. The molecule has 1 aromatic rings. The van der Waals surface area contributed by atoms with Gasteiger partial charge in [-0.1, -0.05) is 0 Å². The molecule has 3 fully saturated rings. The molecule has 1 unspecified atom stereocenters. The molecule has 1 amide bonds. The molecule has 0 radical (unpaired) electrons. The van der Waals surface area contributed by atoms with Gasteiger partial charge in [0, 0.05) is 37.3 Å². The van der Waals surface area contributed by atoms with Crippen LogP contribution in [-0.2, 0) is 11.0 Å². The van der Waals surface area contributed by atoms with Gasteiger partial charge in [0.05, 0.1) is 17.0 Å². The predicted octanol–water partition coefficient (Wildman–Crippen LogP) is 4.61. The number of anilines is 1. The number of carbonyl (C=O) groups is 1. The van der Waals surface area contributed by atoms with Crippen LogP contribution in [0.1, 0.15) is 50.5 Å². The molecule has 3 aliphatic rings. The summed E-state index contributed by atoms with van der Waals surface area (Å²) >= 11 is 0. The lowest BCUT2D eigenvalue weighted by atomic mass is 9.78. The SMILES string of the molecule is N#CC1CCC(N2CCC3(CCCN(c4ccc(C(F)(F)F)cc4)C3)C2=O)CC1. The number of amides is 1. The Hall–Kier alpha value is -2.23. The third kappa shape index (κ3) is 3.82. The zero-order valence-electron chi connectivity index (χ0n) is 16.4. The van der Waals surface area contributed by atoms with Gasteiger partial charge < -0.3 is 9.80 Å². The van der Waals surface area contributed by atoms with Crippen LogP contribution in [0.2, 0.25) is 0 Å². The van der Waals surface area contributed by atoms with E-state index in [-0.39, 0.29) is 17.9 Å². The van der Waals surface area contributed by atoms with Crippen LogP contribution in [0.4, 0.5) is 18.9 Å². The fourth-order valence-corrected chi connectivity index (χ4v) is 5.30. The molecule has 0 N–H and O–H groups in total. The van der Waals surface area contributed by atoms with Gasteiger partial charge in [0.1, 0.15) is 0 Å². The highest BCUT2D eigenvalue weighted by Crippen LogP contribution is 2.44. The van der Waals surface area contributed by atoms with Crippen LogP contribution in [0.3, 0.4) is 0 Å². The maximum absolute atomic E-state index is 13.4. The monoisotopic (exact) mass is 405 g/mol. The number of rotatable bonds is 2. The van der Waals surface area contributed by atoms with Crippen LogP contribution in [0.15, 0.2) is 24.3 Å². The first-order valence-corrected chi connectivity index (χ1v) is 10.5. The van der Waals surface area contributed by atoms with Crippen molar-refractivity contribution in [1.29, 1.82) is 5.26 Å². The average Bonchev–Trinajstić information content (AvgIpc) is 3.03. The summed E-state index contributed by atoms with van der Waals surface area (Å²) in [5, 5.41) is 9.09. The highest BCUT2D eigenvalue weighted by Gasteiger charge is 2.50. The van der Waals surface area contributed by atoms with Crippen LogP contribution >= 0.6 is 0 Å². The van der Waals surface area contributed by atoms with Crippen molar-refractivity contribution in [3.05, 3.63) is 29.8 Å². The van der Waals surface area contributed by atoms with Gasteiger partial charge in [0.2, 0.25) is 5.91 Å². The molecule has 4 rings (SSSR count). The summed E-state index contributed by atoms with van der Waals surface area (Å²) in [6.45, 7) is 2.08. The smallest absolute Gasteiger partial charge is 0.370 e. The summed E-state index contributed by atoms with van der Waals surface area (Å²) in [6.07, 6.45) is 1.67. The number of halogens is 3. The largest absolute Gasteiger partial charge is 0.416 e. The molecule has 1 aromatic carbocycles. The van der Waals surface area contributed by atoms with Crippen molar-refractivity contribution in [2.75, 3.05) is 24.5 Å². The quantitative estimate of drug-likeness (QED) is 0.722. The fourth-order valence-electron chi connectivity index (χ4n) is 5.30. The lowest BCUT2D eigenvalue weighted by molar-refractivity contribution is -0.139. The summed E-state index contributed by atoms with van der Waals surface area (Å²) in [4.78, 5) is 17.5. The third-order valence-electron chi connectivity index (χ3n) is 7.00. The fraction of sp³-hybridized carbons (Fsp3) is 0.636. The minimum Gasteiger partial charge on any atom is -0.370 e. The maximum atomic E-state index is 13.4. The first-order valence-electron chi connectivity index (χ1n) is 10.5. The number of likely N-dealkylation sites (tertiary alicyclic amines) is 1. The zero-order valence-corrected chi connectivity index (χ0v) is 16.4. The second-order valence-corrected chi connectivity index (χ2v) is 8.73. The number of nitriles is 1. The van der Waals surface area contributed by atoms with Crippen LogP contribution in [0, 0.1) is 22.7 Å². The normalized spacial score (nSPS) is 30.6. The number of hydrogen-bond acceptors (Lipinski definition) is 3. The van der Waals surface area contributed by atoms with Gasteiger partial charge in [0.25, 0.3) is 0 Å². The number of nitrogens with zero attached hydrogens (tertiary/aromatic N) is 3. The molecule has 0 bridgehead atoms. The highest BCUT2D eigenvalue weighted by atomic mass is 19.4. The van der Waals surface area contributed by atoms with Crippen LogP contribution < -0.4 is 4.90 Å². The molecule has 2 heterocycles. The van der Waals surface area contributed by atoms with Gasteiger partial charge in [-0.3, -0.25) is 4.79 Å². The van der Waals surface area contributed by atoms with Crippen molar-refractivity contribution in [2.24, 2.45) is 11.3 Å². The van der Waals surface area contributed by atoms with Crippen molar-refractivity contribution < 1.29 is 18.0 Å². The van der Waals surface area contributed by atoms with E-state index >= 15 is 0 Å². The molecule has 2 aliphatic heterocycles. The Labute approximate surface area is 169 Å². The zero-order chi connectivity index (χ0) is 20.6. The maximum Gasteiger partial charge on any atom is 0.416 e. The lowest BCUT2D eigenvalue weighted by Crippen LogP contribution is -2.50. The standard InChI is InChI=1S/C22H26F3N3O/c23-22(24,25)17-4-8-18(9-5-17)27-12-1-10-21(15-27)11-13-28(20(21)29)19-6-2-16(14-26)3-7-19/h4-5,8-9,16,19H,1-3,6-7,10-13,15H2. The molecule has 1 atom stereocenters. The molecule has 2 saturated heterocycles. The number of alkyl halides is 3. The van der Waals surface area contributed by atoms with Crippen LogP contribution in [0.25, 0.3) is 0 Å². The molecule has 0 aromatic heterocycles. The Morgan fingerprint density at radius 1 is 1.03 bits per heavy atom. The van der Waals surface area contributed by atoms with Crippen LogP contribution in [-0.4, -0.2) is 36.5 Å². The average molecular weight is 405 g/mol. The summed E-state index contributed by atoms with van der Waals surface area (Å²) in [6, 6.07) is 7.84. The Bertz CT molecular complexity index is 793. The molecule has 1 saturated carbocycles. The van der Waals surface area contributed by atoms with Gasteiger partial charge in [0.15, 0.2) is 0 Å². The van der Waals surface area contributed by atoms with Gasteiger partial charge in [-0.25, -0.2) is 0 Å². The van der Waals surface area contributed by atoms with Gasteiger partial charge in [-0.05, 0) is 69.2 Å². The topological polar surface area (TPSA) is 47.3 Å². The Morgan fingerprint density at radius 2 is 1.72 bits per heavy atom. The molecule has 4 nitrogen and oxygen atoms in total. The van der Waals surface area contributed by atoms with Crippen molar-refractivity contribution in [3.63, 3.8) is 0 Å². The van der Waals surface area contributed by atoms with Crippen molar-refractivity contribution in [3.8, 4) is 6.07 Å². The molecular weight excluding hydrogens is 379 g/mol. The Kier molecular flexibility index (Phi) is 5.22. The molecular formula is C22H26F3N3O. The summed E-state index contributed by atoms with van der Waals surface area (Å²) < 4.78 is 38.5. The van der Waals surface area contributed by atoms with Crippen LogP contribution in [0.5, 0.6) is 0 Å². The second kappa shape index (κ2) is 7.55.